The Labute approximate surface area is 106 Å². The summed E-state index contributed by atoms with van der Waals surface area (Å²) in [6, 6.07) is 0. The second-order valence-electron chi connectivity index (χ2n) is 4.46. The Morgan fingerprint density at radius 1 is 1.44 bits per heavy atom. The van der Waals surface area contributed by atoms with Crippen LogP contribution in [0.3, 0.4) is 0 Å². The molecule has 5 heteroatoms. The zero-order chi connectivity index (χ0) is 13.7. The fourth-order valence-electron chi connectivity index (χ4n) is 1.87. The van der Waals surface area contributed by atoms with Crippen molar-refractivity contribution in [3.8, 4) is 0 Å². The van der Waals surface area contributed by atoms with Crippen molar-refractivity contribution in [2.24, 2.45) is 5.92 Å². The van der Waals surface area contributed by atoms with Crippen LogP contribution in [0.25, 0.3) is 0 Å². The molecule has 0 spiro atoms. The van der Waals surface area contributed by atoms with Crippen LogP contribution in [-0.2, 0) is 19.1 Å². The molecule has 0 amide bonds. The molecule has 0 saturated heterocycles. The normalized spacial score (nSPS) is 21.3. The fraction of sp³-hybridized carbons (Fsp3) is 0.615. The summed E-state index contributed by atoms with van der Waals surface area (Å²) >= 11 is 0. The van der Waals surface area contributed by atoms with Gasteiger partial charge in [-0.15, -0.1) is 0 Å². The number of ether oxygens (including phenoxy) is 1. The van der Waals surface area contributed by atoms with Gasteiger partial charge in [0.2, 0.25) is 0 Å². The Morgan fingerprint density at radius 2 is 2.11 bits per heavy atom. The second-order valence-corrected chi connectivity index (χ2v) is 4.46. The van der Waals surface area contributed by atoms with Gasteiger partial charge in [0.1, 0.15) is 5.76 Å². The first-order valence-corrected chi connectivity index (χ1v) is 6.10. The molecule has 0 fully saturated rings. The minimum absolute atomic E-state index is 0.0135. The molecule has 1 N–H and O–H groups in total. The third kappa shape index (κ3) is 3.77. The predicted molar refractivity (Wildman–Crippen MR) is 63.5 cm³/mol. The van der Waals surface area contributed by atoms with Crippen LogP contribution in [-0.4, -0.2) is 28.7 Å². The lowest BCUT2D eigenvalue weighted by molar-refractivity contribution is -0.153. The quantitative estimate of drug-likeness (QED) is 0.568. The predicted octanol–water partition coefficient (Wildman–Crippen LogP) is 1.14. The molecule has 1 heterocycles. The van der Waals surface area contributed by atoms with Gasteiger partial charge in [0.25, 0.3) is 0 Å². The van der Waals surface area contributed by atoms with Crippen molar-refractivity contribution in [2.75, 3.05) is 0 Å². The van der Waals surface area contributed by atoms with E-state index in [4.69, 9.17) is 4.74 Å². The molecule has 1 aliphatic rings. The Balaban J connectivity index is 2.56. The van der Waals surface area contributed by atoms with Gasteiger partial charge in [-0.2, -0.15) is 0 Å². The van der Waals surface area contributed by atoms with Gasteiger partial charge in [0.15, 0.2) is 17.5 Å². The minimum Gasteiger partial charge on any atom is -0.430 e. The minimum atomic E-state index is -1.34. The summed E-state index contributed by atoms with van der Waals surface area (Å²) in [5.74, 6) is -2.96. The molecule has 2 unspecified atom stereocenters. The van der Waals surface area contributed by atoms with E-state index in [9.17, 15) is 19.5 Å². The first-order valence-electron chi connectivity index (χ1n) is 6.10. The largest absolute Gasteiger partial charge is 0.430 e. The van der Waals surface area contributed by atoms with E-state index >= 15 is 0 Å². The molecule has 0 aliphatic carbocycles. The highest BCUT2D eigenvalue weighted by molar-refractivity contribution is 6.21. The molecule has 18 heavy (non-hydrogen) atoms. The highest BCUT2D eigenvalue weighted by Gasteiger charge is 2.37. The number of ketones is 2. The van der Waals surface area contributed by atoms with Crippen molar-refractivity contribution in [2.45, 2.75) is 45.6 Å². The van der Waals surface area contributed by atoms with E-state index in [0.29, 0.717) is 6.42 Å². The van der Waals surface area contributed by atoms with Crippen molar-refractivity contribution < 1.29 is 24.2 Å². The molecule has 0 bridgehead atoms. The number of cyclic esters (lactones) is 1. The van der Waals surface area contributed by atoms with Crippen LogP contribution in [0.5, 0.6) is 0 Å². The van der Waals surface area contributed by atoms with Crippen LogP contribution in [0.15, 0.2) is 11.8 Å². The van der Waals surface area contributed by atoms with Crippen LogP contribution in [0.1, 0.15) is 39.5 Å². The number of carbonyl (C=O) groups is 3. The molecule has 0 radical (unpaired) electrons. The zero-order valence-electron chi connectivity index (χ0n) is 10.6. The van der Waals surface area contributed by atoms with E-state index in [1.54, 1.807) is 0 Å². The summed E-state index contributed by atoms with van der Waals surface area (Å²) in [5.41, 5.74) is 0. The number of Topliss-reactive ketones (excluding diaryl/α,β-unsaturated/α-hetero) is 1. The standard InChI is InChI=1S/C13H18O5/c1-3-4-9(14)5-6-10(15)12-11(16)7-8(2)18-13(12)17/h7,9,12,14H,3-6H2,1-2H3. The number of carbonyl (C=O) groups excluding carboxylic acids is 3. The summed E-state index contributed by atoms with van der Waals surface area (Å²) in [6.07, 6.45) is 2.31. The van der Waals surface area contributed by atoms with Crippen molar-refractivity contribution in [3.63, 3.8) is 0 Å². The smallest absolute Gasteiger partial charge is 0.329 e. The molecule has 5 nitrogen and oxygen atoms in total. The fourth-order valence-corrected chi connectivity index (χ4v) is 1.87. The van der Waals surface area contributed by atoms with Crippen LogP contribution in [0.2, 0.25) is 0 Å². The van der Waals surface area contributed by atoms with Gasteiger partial charge in [-0.1, -0.05) is 13.3 Å². The maximum atomic E-state index is 11.8. The van der Waals surface area contributed by atoms with E-state index in [-0.39, 0.29) is 18.6 Å². The summed E-state index contributed by atoms with van der Waals surface area (Å²) in [7, 11) is 0. The van der Waals surface area contributed by atoms with E-state index in [1.165, 1.54) is 6.92 Å². The van der Waals surface area contributed by atoms with Crippen molar-refractivity contribution in [1.82, 2.24) is 0 Å². The van der Waals surface area contributed by atoms with Gasteiger partial charge >= 0.3 is 5.97 Å². The first kappa shape index (κ1) is 14.6. The van der Waals surface area contributed by atoms with Gasteiger partial charge < -0.3 is 9.84 Å². The van der Waals surface area contributed by atoms with Crippen LogP contribution < -0.4 is 0 Å². The molecular formula is C13H18O5. The summed E-state index contributed by atoms with van der Waals surface area (Å²) in [5, 5.41) is 9.51. The van der Waals surface area contributed by atoms with E-state index in [1.807, 2.05) is 6.92 Å². The summed E-state index contributed by atoms with van der Waals surface area (Å²) < 4.78 is 4.76. The summed E-state index contributed by atoms with van der Waals surface area (Å²) in [6.45, 7) is 3.42. The lowest BCUT2D eigenvalue weighted by Crippen LogP contribution is -2.35. The average Bonchev–Trinajstić information content (AvgIpc) is 2.25. The Kier molecular flexibility index (Phi) is 5.22. The average molecular weight is 254 g/mol. The molecule has 0 aromatic heterocycles. The van der Waals surface area contributed by atoms with E-state index in [2.05, 4.69) is 0 Å². The van der Waals surface area contributed by atoms with Gasteiger partial charge in [-0.05, 0) is 19.8 Å². The highest BCUT2D eigenvalue weighted by atomic mass is 16.5. The molecule has 100 valence electrons. The number of aliphatic hydroxyl groups is 1. The lowest BCUT2D eigenvalue weighted by Gasteiger charge is -2.17. The Morgan fingerprint density at radius 3 is 2.67 bits per heavy atom. The maximum Gasteiger partial charge on any atom is 0.329 e. The van der Waals surface area contributed by atoms with Gasteiger partial charge in [-0.25, -0.2) is 0 Å². The molecular weight excluding hydrogens is 236 g/mol. The molecule has 1 aliphatic heterocycles. The van der Waals surface area contributed by atoms with Gasteiger partial charge in [0.05, 0.1) is 6.10 Å². The van der Waals surface area contributed by atoms with E-state index < -0.39 is 29.6 Å². The number of hydrogen-bond acceptors (Lipinski definition) is 5. The van der Waals surface area contributed by atoms with Crippen LogP contribution in [0, 0.1) is 5.92 Å². The molecule has 1 rings (SSSR count). The third-order valence-electron chi connectivity index (χ3n) is 2.80. The first-order chi connectivity index (χ1) is 8.45. The van der Waals surface area contributed by atoms with Gasteiger partial charge in [-0.3, -0.25) is 14.4 Å². The number of allylic oxidation sites excluding steroid dienone is 2. The SMILES string of the molecule is CCCC(O)CCC(=O)C1C(=O)C=C(C)OC1=O. The summed E-state index contributed by atoms with van der Waals surface area (Å²) in [4.78, 5) is 34.8. The van der Waals surface area contributed by atoms with Crippen LogP contribution >= 0.6 is 0 Å². The van der Waals surface area contributed by atoms with Crippen molar-refractivity contribution in [1.29, 1.82) is 0 Å². The maximum absolute atomic E-state index is 11.8. The third-order valence-corrected chi connectivity index (χ3v) is 2.80. The monoisotopic (exact) mass is 254 g/mol. The van der Waals surface area contributed by atoms with Crippen molar-refractivity contribution in [3.05, 3.63) is 11.8 Å². The number of aliphatic hydroxyl groups excluding tert-OH is 1. The second kappa shape index (κ2) is 6.44. The molecule has 0 aromatic rings. The van der Waals surface area contributed by atoms with E-state index in [0.717, 1.165) is 12.5 Å². The van der Waals surface area contributed by atoms with Gasteiger partial charge in [0, 0.05) is 12.5 Å². The van der Waals surface area contributed by atoms with Crippen molar-refractivity contribution >= 4 is 17.5 Å². The number of rotatable bonds is 6. The molecule has 0 saturated carbocycles. The Hall–Kier alpha value is -1.49. The van der Waals surface area contributed by atoms with Crippen LogP contribution in [0.4, 0.5) is 0 Å². The highest BCUT2D eigenvalue weighted by Crippen LogP contribution is 2.18. The lowest BCUT2D eigenvalue weighted by atomic mass is 9.92. The topological polar surface area (TPSA) is 80.7 Å². The molecule has 0 aromatic carbocycles. The number of hydrogen-bond donors (Lipinski definition) is 1. The molecule has 2 atom stereocenters. The Bertz CT molecular complexity index is 383. The number of esters is 1. The zero-order valence-corrected chi connectivity index (χ0v) is 10.6.